The van der Waals surface area contributed by atoms with Crippen molar-refractivity contribution in [3.63, 3.8) is 0 Å². The summed E-state index contributed by atoms with van der Waals surface area (Å²) in [6.07, 6.45) is 1.09. The zero-order valence-electron chi connectivity index (χ0n) is 10.3. The average Bonchev–Trinajstić information content (AvgIpc) is 2.03. The van der Waals surface area contributed by atoms with E-state index in [9.17, 15) is 0 Å². The van der Waals surface area contributed by atoms with Gasteiger partial charge in [0.2, 0.25) is 0 Å². The monoisotopic (exact) mass is 202 g/mol. The van der Waals surface area contributed by atoms with Gasteiger partial charge in [-0.05, 0) is 25.8 Å². The molecule has 0 aromatic heterocycles. The minimum Gasteiger partial charge on any atom is -0.385 e. The van der Waals surface area contributed by atoms with Crippen LogP contribution in [0, 0.1) is 5.41 Å². The number of hydrogen-bond donors (Lipinski definition) is 1. The molecule has 0 saturated heterocycles. The molecule has 0 saturated carbocycles. The molecule has 0 aliphatic heterocycles. The Morgan fingerprint density at radius 1 is 1.43 bits per heavy atom. The molecule has 3 heteroatoms. The van der Waals surface area contributed by atoms with Gasteiger partial charge in [-0.3, -0.25) is 0 Å². The molecule has 0 spiro atoms. The van der Waals surface area contributed by atoms with E-state index in [1.807, 2.05) is 0 Å². The smallest absolute Gasteiger partial charge is 0.0474 e. The molecule has 0 amide bonds. The maximum Gasteiger partial charge on any atom is 0.0474 e. The van der Waals surface area contributed by atoms with Gasteiger partial charge in [0.05, 0.1) is 0 Å². The third-order valence-corrected chi connectivity index (χ3v) is 2.80. The van der Waals surface area contributed by atoms with Gasteiger partial charge in [-0.25, -0.2) is 0 Å². The number of hydrogen-bond acceptors (Lipinski definition) is 3. The van der Waals surface area contributed by atoms with Crippen LogP contribution in [0.25, 0.3) is 0 Å². The minimum absolute atomic E-state index is 0.182. The molecular formula is C11H26N2O. The van der Waals surface area contributed by atoms with Gasteiger partial charge >= 0.3 is 0 Å². The molecule has 0 aromatic rings. The van der Waals surface area contributed by atoms with E-state index < -0.39 is 0 Å². The highest BCUT2D eigenvalue weighted by Gasteiger charge is 2.24. The standard InChI is InChI=1S/C11H26N2O/c1-10(12)11(2,3)9-13(4)7-6-8-14-5/h10H,6-9,12H2,1-5H3. The first-order valence-electron chi connectivity index (χ1n) is 5.33. The first-order chi connectivity index (χ1) is 6.40. The second kappa shape index (κ2) is 6.38. The molecule has 14 heavy (non-hydrogen) atoms. The fraction of sp³-hybridized carbons (Fsp3) is 1.00. The number of nitrogens with two attached hydrogens (primary N) is 1. The van der Waals surface area contributed by atoms with Crippen LogP contribution >= 0.6 is 0 Å². The van der Waals surface area contributed by atoms with Crippen molar-refractivity contribution in [1.29, 1.82) is 0 Å². The van der Waals surface area contributed by atoms with E-state index in [0.717, 1.165) is 26.1 Å². The number of methoxy groups -OCH3 is 1. The van der Waals surface area contributed by atoms with Gasteiger partial charge in [0.25, 0.3) is 0 Å². The van der Waals surface area contributed by atoms with Crippen LogP contribution in [-0.4, -0.2) is 44.8 Å². The lowest BCUT2D eigenvalue weighted by Gasteiger charge is -2.33. The van der Waals surface area contributed by atoms with Crippen LogP contribution in [0.5, 0.6) is 0 Å². The third-order valence-electron chi connectivity index (χ3n) is 2.80. The van der Waals surface area contributed by atoms with Crippen LogP contribution in [0.3, 0.4) is 0 Å². The van der Waals surface area contributed by atoms with Gasteiger partial charge in [0.1, 0.15) is 0 Å². The highest BCUT2D eigenvalue weighted by atomic mass is 16.5. The summed E-state index contributed by atoms with van der Waals surface area (Å²) >= 11 is 0. The second-order valence-corrected chi connectivity index (χ2v) is 4.86. The highest BCUT2D eigenvalue weighted by molar-refractivity contribution is 4.80. The Labute approximate surface area is 88.6 Å². The number of nitrogens with zero attached hydrogens (tertiary/aromatic N) is 1. The van der Waals surface area contributed by atoms with Gasteiger partial charge in [-0.15, -0.1) is 0 Å². The Hall–Kier alpha value is -0.120. The van der Waals surface area contributed by atoms with Gasteiger partial charge in [0.15, 0.2) is 0 Å². The van der Waals surface area contributed by atoms with E-state index in [0.29, 0.717) is 0 Å². The van der Waals surface area contributed by atoms with Crippen molar-refractivity contribution < 1.29 is 4.74 Å². The van der Waals surface area contributed by atoms with E-state index >= 15 is 0 Å². The van der Waals surface area contributed by atoms with Crippen molar-refractivity contribution in [1.82, 2.24) is 4.90 Å². The summed E-state index contributed by atoms with van der Waals surface area (Å²) in [5, 5.41) is 0. The molecule has 0 fully saturated rings. The largest absolute Gasteiger partial charge is 0.385 e. The normalized spacial score (nSPS) is 14.8. The predicted octanol–water partition coefficient (Wildman–Crippen LogP) is 1.33. The van der Waals surface area contributed by atoms with Gasteiger partial charge in [-0.2, -0.15) is 0 Å². The number of rotatable bonds is 7. The molecule has 0 rings (SSSR count). The van der Waals surface area contributed by atoms with Crippen molar-refractivity contribution in [3.05, 3.63) is 0 Å². The summed E-state index contributed by atoms with van der Waals surface area (Å²) in [6.45, 7) is 9.44. The third kappa shape index (κ3) is 5.58. The van der Waals surface area contributed by atoms with E-state index in [1.165, 1.54) is 0 Å². The van der Waals surface area contributed by atoms with Crippen LogP contribution in [-0.2, 0) is 4.74 Å². The molecule has 0 radical (unpaired) electrons. The van der Waals surface area contributed by atoms with Crippen molar-refractivity contribution in [2.45, 2.75) is 33.2 Å². The van der Waals surface area contributed by atoms with Crippen LogP contribution < -0.4 is 5.73 Å². The van der Waals surface area contributed by atoms with Crippen LogP contribution in [0.2, 0.25) is 0 Å². The van der Waals surface area contributed by atoms with Gasteiger partial charge in [-0.1, -0.05) is 13.8 Å². The molecule has 1 atom stereocenters. The summed E-state index contributed by atoms with van der Waals surface area (Å²) in [7, 11) is 3.88. The Morgan fingerprint density at radius 2 is 2.00 bits per heavy atom. The van der Waals surface area contributed by atoms with E-state index in [2.05, 4.69) is 32.7 Å². The summed E-state index contributed by atoms with van der Waals surface area (Å²) in [4.78, 5) is 2.32. The molecule has 0 aromatic carbocycles. The van der Waals surface area contributed by atoms with Crippen LogP contribution in [0.4, 0.5) is 0 Å². The van der Waals surface area contributed by atoms with E-state index in [4.69, 9.17) is 10.5 Å². The van der Waals surface area contributed by atoms with Gasteiger partial charge < -0.3 is 15.4 Å². The summed E-state index contributed by atoms with van der Waals surface area (Å²) in [5.41, 5.74) is 6.10. The van der Waals surface area contributed by atoms with Crippen LogP contribution in [0.1, 0.15) is 27.2 Å². The molecule has 2 N–H and O–H groups in total. The maximum atomic E-state index is 5.92. The first-order valence-corrected chi connectivity index (χ1v) is 5.33. The lowest BCUT2D eigenvalue weighted by Crippen LogP contribution is -2.43. The Bertz CT molecular complexity index is 146. The highest BCUT2D eigenvalue weighted by Crippen LogP contribution is 2.19. The minimum atomic E-state index is 0.182. The molecule has 0 heterocycles. The lowest BCUT2D eigenvalue weighted by atomic mass is 9.85. The zero-order chi connectivity index (χ0) is 11.2. The lowest BCUT2D eigenvalue weighted by molar-refractivity contribution is 0.151. The average molecular weight is 202 g/mol. The molecule has 1 unspecified atom stereocenters. The van der Waals surface area contributed by atoms with Crippen molar-refractivity contribution in [2.75, 3.05) is 33.9 Å². The molecular weight excluding hydrogens is 176 g/mol. The molecule has 0 aliphatic rings. The first kappa shape index (κ1) is 13.9. The van der Waals surface area contributed by atoms with E-state index in [-0.39, 0.29) is 11.5 Å². The Kier molecular flexibility index (Phi) is 6.33. The van der Waals surface area contributed by atoms with Crippen molar-refractivity contribution in [2.24, 2.45) is 11.1 Å². The topological polar surface area (TPSA) is 38.5 Å². The molecule has 0 bridgehead atoms. The molecule has 0 aliphatic carbocycles. The van der Waals surface area contributed by atoms with Crippen molar-refractivity contribution in [3.8, 4) is 0 Å². The molecule has 86 valence electrons. The number of ether oxygens (including phenoxy) is 1. The fourth-order valence-electron chi connectivity index (χ4n) is 1.40. The van der Waals surface area contributed by atoms with Crippen molar-refractivity contribution >= 4 is 0 Å². The fourth-order valence-corrected chi connectivity index (χ4v) is 1.40. The maximum absolute atomic E-state index is 5.92. The molecule has 3 nitrogen and oxygen atoms in total. The van der Waals surface area contributed by atoms with Crippen LogP contribution in [0.15, 0.2) is 0 Å². The van der Waals surface area contributed by atoms with Gasteiger partial charge in [0, 0.05) is 32.8 Å². The summed E-state index contributed by atoms with van der Waals surface area (Å²) in [6, 6.07) is 0.229. The summed E-state index contributed by atoms with van der Waals surface area (Å²) < 4.78 is 5.02. The quantitative estimate of drug-likeness (QED) is 0.633. The SMILES string of the molecule is COCCCN(C)CC(C)(C)C(C)N. The zero-order valence-corrected chi connectivity index (χ0v) is 10.3. The Balaban J connectivity index is 3.75. The van der Waals surface area contributed by atoms with E-state index in [1.54, 1.807) is 7.11 Å². The second-order valence-electron chi connectivity index (χ2n) is 4.86. The predicted molar refractivity (Wildman–Crippen MR) is 61.4 cm³/mol. The Morgan fingerprint density at radius 3 is 2.43 bits per heavy atom. The summed E-state index contributed by atoms with van der Waals surface area (Å²) in [5.74, 6) is 0.